The summed E-state index contributed by atoms with van der Waals surface area (Å²) >= 11 is 6.31. The second-order valence-electron chi connectivity index (χ2n) is 5.21. The molecular weight excluding hydrogens is 248 g/mol. The van der Waals surface area contributed by atoms with Crippen molar-refractivity contribution in [3.05, 3.63) is 16.4 Å². The van der Waals surface area contributed by atoms with Gasteiger partial charge in [0.15, 0.2) is 0 Å². The normalized spacial score (nSPS) is 11.9. The third-order valence-corrected chi connectivity index (χ3v) is 4.10. The fraction of sp³-hybridized carbons (Fsp3) is 0.714. The minimum Gasteiger partial charge on any atom is -0.299 e. The van der Waals surface area contributed by atoms with E-state index in [1.807, 2.05) is 39.3 Å². The van der Waals surface area contributed by atoms with Gasteiger partial charge in [0.25, 0.3) is 0 Å². The minimum atomic E-state index is -0.293. The van der Waals surface area contributed by atoms with Crippen LogP contribution in [0.1, 0.15) is 52.4 Å². The standard InChI is InChI=1S/C14H23ClN2O/c1-6-10-13(15)11(17(8-3)16-10)9-12(18)14(4,5)7-2/h6-9H2,1-5H3. The van der Waals surface area contributed by atoms with E-state index in [0.717, 1.165) is 30.8 Å². The molecule has 1 aromatic heterocycles. The largest absolute Gasteiger partial charge is 0.299 e. The maximum Gasteiger partial charge on any atom is 0.144 e. The minimum absolute atomic E-state index is 0.226. The lowest BCUT2D eigenvalue weighted by atomic mass is 9.83. The van der Waals surface area contributed by atoms with E-state index in [1.54, 1.807) is 0 Å². The fourth-order valence-electron chi connectivity index (χ4n) is 1.77. The number of carbonyl (C=O) groups excluding carboxylic acids is 1. The molecule has 0 fully saturated rings. The summed E-state index contributed by atoms with van der Waals surface area (Å²) in [5.41, 5.74) is 1.46. The zero-order valence-corrected chi connectivity index (χ0v) is 12.8. The Morgan fingerprint density at radius 1 is 1.33 bits per heavy atom. The van der Waals surface area contributed by atoms with Gasteiger partial charge in [-0.25, -0.2) is 0 Å². The molecule has 0 radical (unpaired) electrons. The Hall–Kier alpha value is -0.830. The summed E-state index contributed by atoms with van der Waals surface area (Å²) in [4.78, 5) is 12.3. The zero-order valence-electron chi connectivity index (χ0n) is 12.0. The van der Waals surface area contributed by atoms with Gasteiger partial charge in [-0.05, 0) is 19.8 Å². The summed E-state index contributed by atoms with van der Waals surface area (Å²) in [6, 6.07) is 0. The van der Waals surface area contributed by atoms with Crippen LogP contribution in [0.2, 0.25) is 5.02 Å². The number of aromatic nitrogens is 2. The van der Waals surface area contributed by atoms with Crippen molar-refractivity contribution in [2.75, 3.05) is 0 Å². The monoisotopic (exact) mass is 270 g/mol. The number of hydrogen-bond donors (Lipinski definition) is 0. The molecule has 0 spiro atoms. The van der Waals surface area contributed by atoms with Crippen molar-refractivity contribution in [1.82, 2.24) is 9.78 Å². The number of carbonyl (C=O) groups is 1. The number of ketones is 1. The van der Waals surface area contributed by atoms with Crippen LogP contribution in [-0.4, -0.2) is 15.6 Å². The predicted molar refractivity (Wildman–Crippen MR) is 75.1 cm³/mol. The first kappa shape index (κ1) is 15.2. The van der Waals surface area contributed by atoms with E-state index >= 15 is 0 Å². The molecule has 0 aromatic carbocycles. The van der Waals surface area contributed by atoms with Gasteiger partial charge in [-0.2, -0.15) is 5.10 Å². The van der Waals surface area contributed by atoms with E-state index in [1.165, 1.54) is 0 Å². The van der Waals surface area contributed by atoms with E-state index in [4.69, 9.17) is 11.6 Å². The third-order valence-electron chi connectivity index (χ3n) is 3.66. The summed E-state index contributed by atoms with van der Waals surface area (Å²) in [7, 11) is 0. The van der Waals surface area contributed by atoms with Crippen molar-refractivity contribution in [2.45, 2.75) is 60.4 Å². The van der Waals surface area contributed by atoms with Crippen molar-refractivity contribution in [1.29, 1.82) is 0 Å². The van der Waals surface area contributed by atoms with Crippen molar-refractivity contribution < 1.29 is 4.79 Å². The van der Waals surface area contributed by atoms with Crippen LogP contribution in [0.4, 0.5) is 0 Å². The highest BCUT2D eigenvalue weighted by Gasteiger charge is 2.27. The average molecular weight is 271 g/mol. The lowest BCUT2D eigenvalue weighted by Gasteiger charge is -2.21. The highest BCUT2D eigenvalue weighted by Crippen LogP contribution is 2.27. The molecule has 0 aliphatic rings. The second-order valence-corrected chi connectivity index (χ2v) is 5.59. The molecule has 1 rings (SSSR count). The van der Waals surface area contributed by atoms with Gasteiger partial charge >= 0.3 is 0 Å². The molecule has 1 heterocycles. The van der Waals surface area contributed by atoms with Crippen LogP contribution in [0, 0.1) is 5.41 Å². The SMILES string of the molecule is CCc1nn(CC)c(CC(=O)C(C)(C)CC)c1Cl. The quantitative estimate of drug-likeness (QED) is 0.791. The first-order valence-electron chi connectivity index (χ1n) is 6.64. The highest BCUT2D eigenvalue weighted by atomic mass is 35.5. The van der Waals surface area contributed by atoms with Gasteiger partial charge in [0, 0.05) is 12.0 Å². The molecule has 0 saturated heterocycles. The number of hydrogen-bond acceptors (Lipinski definition) is 2. The van der Waals surface area contributed by atoms with Gasteiger partial charge < -0.3 is 0 Å². The van der Waals surface area contributed by atoms with Crippen molar-refractivity contribution in [3.63, 3.8) is 0 Å². The van der Waals surface area contributed by atoms with Gasteiger partial charge in [0.2, 0.25) is 0 Å². The summed E-state index contributed by atoms with van der Waals surface area (Å²) in [6.45, 7) is 10.8. The topological polar surface area (TPSA) is 34.9 Å². The third kappa shape index (κ3) is 2.94. The average Bonchev–Trinajstić information content (AvgIpc) is 2.66. The molecule has 1 aromatic rings. The molecule has 18 heavy (non-hydrogen) atoms. The molecule has 4 heteroatoms. The van der Waals surface area contributed by atoms with Crippen LogP contribution >= 0.6 is 11.6 Å². The van der Waals surface area contributed by atoms with Crippen LogP contribution in [0.5, 0.6) is 0 Å². The molecule has 0 bridgehead atoms. The van der Waals surface area contributed by atoms with Gasteiger partial charge in [-0.1, -0.05) is 39.3 Å². The summed E-state index contributed by atoms with van der Waals surface area (Å²) in [5, 5.41) is 5.11. The Kier molecular flexibility index (Phi) is 4.97. The van der Waals surface area contributed by atoms with Crippen molar-refractivity contribution >= 4 is 17.4 Å². The predicted octanol–water partition coefficient (Wildman–Crippen LogP) is 3.67. The molecular formula is C14H23ClN2O. The Labute approximate surface area is 115 Å². The van der Waals surface area contributed by atoms with Crippen molar-refractivity contribution in [3.8, 4) is 0 Å². The number of nitrogens with zero attached hydrogens (tertiary/aromatic N) is 2. The fourth-order valence-corrected chi connectivity index (χ4v) is 2.11. The number of Topliss-reactive ketones (excluding diaryl/α,β-unsaturated/α-hetero) is 1. The number of halogens is 1. The Bertz CT molecular complexity index is 435. The van der Waals surface area contributed by atoms with Crippen LogP contribution in [0.3, 0.4) is 0 Å². The molecule has 102 valence electrons. The van der Waals surface area contributed by atoms with Crippen LogP contribution in [0.15, 0.2) is 0 Å². The van der Waals surface area contributed by atoms with Crippen LogP contribution in [-0.2, 0) is 24.2 Å². The first-order valence-corrected chi connectivity index (χ1v) is 7.02. The highest BCUT2D eigenvalue weighted by molar-refractivity contribution is 6.32. The zero-order chi connectivity index (χ0) is 13.9. The van der Waals surface area contributed by atoms with Gasteiger partial charge in [0.05, 0.1) is 22.8 Å². The summed E-state index contributed by atoms with van der Waals surface area (Å²) in [5.74, 6) is 0.226. The van der Waals surface area contributed by atoms with Crippen LogP contribution in [0.25, 0.3) is 0 Å². The lowest BCUT2D eigenvalue weighted by molar-refractivity contribution is -0.126. The second kappa shape index (κ2) is 5.87. The molecule has 3 nitrogen and oxygen atoms in total. The molecule has 0 aliphatic carbocycles. The van der Waals surface area contributed by atoms with Gasteiger partial charge in [0.1, 0.15) is 5.78 Å². The summed E-state index contributed by atoms with van der Waals surface area (Å²) < 4.78 is 1.85. The van der Waals surface area contributed by atoms with E-state index in [9.17, 15) is 4.79 Å². The van der Waals surface area contributed by atoms with Crippen LogP contribution < -0.4 is 0 Å². The summed E-state index contributed by atoms with van der Waals surface area (Å²) in [6.07, 6.45) is 2.01. The van der Waals surface area contributed by atoms with Gasteiger partial charge in [-0.15, -0.1) is 0 Å². The number of rotatable bonds is 6. The van der Waals surface area contributed by atoms with E-state index in [-0.39, 0.29) is 11.2 Å². The van der Waals surface area contributed by atoms with E-state index in [0.29, 0.717) is 11.4 Å². The molecule has 0 atom stereocenters. The Morgan fingerprint density at radius 3 is 2.39 bits per heavy atom. The maximum absolute atomic E-state index is 12.3. The first-order chi connectivity index (χ1) is 8.37. The molecule has 0 saturated carbocycles. The number of aryl methyl sites for hydroxylation is 2. The molecule has 0 amide bonds. The van der Waals surface area contributed by atoms with Crippen molar-refractivity contribution in [2.24, 2.45) is 5.41 Å². The van der Waals surface area contributed by atoms with E-state index in [2.05, 4.69) is 5.10 Å². The Balaban J connectivity index is 3.04. The Morgan fingerprint density at radius 2 is 1.94 bits per heavy atom. The van der Waals surface area contributed by atoms with Gasteiger partial charge in [-0.3, -0.25) is 9.48 Å². The smallest absolute Gasteiger partial charge is 0.144 e. The van der Waals surface area contributed by atoms with E-state index < -0.39 is 0 Å². The molecule has 0 aliphatic heterocycles. The molecule has 0 unspecified atom stereocenters. The lowest BCUT2D eigenvalue weighted by Crippen LogP contribution is -2.26. The molecule has 0 N–H and O–H groups in total. The maximum atomic E-state index is 12.3.